The molecular weight excluding hydrogens is 1190 g/mol. The van der Waals surface area contributed by atoms with Gasteiger partial charge < -0.3 is 4.98 Å². The van der Waals surface area contributed by atoms with Crippen LogP contribution in [0.5, 0.6) is 0 Å². The van der Waals surface area contributed by atoms with Crippen LogP contribution in [0.25, 0.3) is 60.7 Å². The minimum atomic E-state index is 0.821. The summed E-state index contributed by atoms with van der Waals surface area (Å²) in [4.78, 5) is 47.3. The SMILES string of the molecule is C1=CCN=C1.C1=NCC=C1c1ccccc1.C1=NCc2ccccc21.c1cc(-c2cscn2)ccn1.c1cc(C2CCCCC2)ccn1.c1ccc(-c2ccncc2)cc1.c1ccc2cnccc2c1.c1ccc2ncccc2c1.c1ccncc1.c1cnc2[nH]ccc2c1. The average Bonchev–Trinajstić information content (AvgIpc) is 4.37. The van der Waals surface area contributed by atoms with Crippen molar-refractivity contribution in [2.45, 2.75) is 44.6 Å². The van der Waals surface area contributed by atoms with E-state index in [0.29, 0.717) is 0 Å². The number of fused-ring (bicyclic) bond motifs is 4. The number of hydrogen-bond donors (Lipinski definition) is 1. The van der Waals surface area contributed by atoms with E-state index in [-0.39, 0.29) is 0 Å². The van der Waals surface area contributed by atoms with Crippen molar-refractivity contribution in [2.24, 2.45) is 15.0 Å². The first-order valence-corrected chi connectivity index (χ1v) is 32.6. The van der Waals surface area contributed by atoms with Gasteiger partial charge in [-0.15, -0.1) is 11.3 Å². The normalized spacial score (nSPS) is 12.4. The number of aromatic nitrogens is 9. The lowest BCUT2D eigenvalue weighted by Gasteiger charge is -2.21. The Labute approximate surface area is 561 Å². The number of aromatic amines is 1. The molecule has 0 saturated heterocycles. The third-order valence-electron chi connectivity index (χ3n) is 14.8. The average molecular weight is 1260 g/mol. The maximum absolute atomic E-state index is 4.18. The summed E-state index contributed by atoms with van der Waals surface area (Å²) < 4.78 is 0. The molecule has 5 aromatic carbocycles. The van der Waals surface area contributed by atoms with Gasteiger partial charge in [0.15, 0.2) is 0 Å². The van der Waals surface area contributed by atoms with Crippen molar-refractivity contribution in [1.82, 2.24) is 44.9 Å². The lowest BCUT2D eigenvalue weighted by Crippen LogP contribution is -2.03. The topological polar surface area (TPSA) is 156 Å². The summed E-state index contributed by atoms with van der Waals surface area (Å²) in [6, 6.07) is 75.1. The molecule has 12 heterocycles. The van der Waals surface area contributed by atoms with Gasteiger partial charge in [0.25, 0.3) is 0 Å². The molecule has 95 heavy (non-hydrogen) atoms. The molecule has 0 amide bonds. The van der Waals surface area contributed by atoms with Crippen LogP contribution in [0.3, 0.4) is 0 Å². The fraction of sp³-hybridized carbons (Fsp3) is 0.110. The van der Waals surface area contributed by atoms with Gasteiger partial charge in [-0.1, -0.05) is 171 Å². The molecule has 4 aliphatic rings. The van der Waals surface area contributed by atoms with Gasteiger partial charge in [-0.2, -0.15) is 0 Å². The maximum atomic E-state index is 4.18. The number of pyridine rings is 7. The predicted octanol–water partition coefficient (Wildman–Crippen LogP) is 19.6. The Balaban J connectivity index is 0.000000125. The first kappa shape index (κ1) is 67.7. The first-order valence-electron chi connectivity index (χ1n) is 31.7. The van der Waals surface area contributed by atoms with Gasteiger partial charge in [-0.25, -0.2) is 9.97 Å². The molecule has 0 spiro atoms. The molecule has 9 aromatic heterocycles. The minimum absolute atomic E-state index is 0.821. The van der Waals surface area contributed by atoms with Gasteiger partial charge in [0, 0.05) is 121 Å². The van der Waals surface area contributed by atoms with E-state index in [1.165, 1.54) is 87.2 Å². The molecular formula is C82H76N12S. The van der Waals surface area contributed by atoms with E-state index < -0.39 is 0 Å². The van der Waals surface area contributed by atoms with Gasteiger partial charge in [0.05, 0.1) is 36.4 Å². The first-order chi connectivity index (χ1) is 47.2. The summed E-state index contributed by atoms with van der Waals surface area (Å²) in [5.41, 5.74) is 15.1. The molecule has 0 radical (unpaired) electrons. The van der Waals surface area contributed by atoms with Gasteiger partial charge in [-0.05, 0) is 159 Å². The van der Waals surface area contributed by atoms with Gasteiger partial charge in [0.1, 0.15) is 5.65 Å². The van der Waals surface area contributed by atoms with E-state index in [9.17, 15) is 0 Å². The molecule has 13 heteroatoms. The highest BCUT2D eigenvalue weighted by Gasteiger charge is 2.14. The summed E-state index contributed by atoms with van der Waals surface area (Å²) >= 11 is 1.60. The van der Waals surface area contributed by atoms with E-state index in [1.54, 1.807) is 48.5 Å². The fourth-order valence-corrected chi connectivity index (χ4v) is 10.5. The standard InChI is InChI=1S/C11H15N.C11H9N.C10H9N.2C9H7N.C8H6N2S.C8H7N.C7H6N2.C5H5N.C4H5N/c2*1-2-4-10(5-3-1)11-6-8-12-9-7-11;1-2-4-9(5-3-1)10-6-7-11-8-10;1-2-6-9-8(4-1)5-3-7-10-9;1-2-4-9-7-10-6-5-8(9)3-1;1-3-9-4-2-7(1)8-5-11-6-10-8;1-2-4-8-6-9-5-7(8)3-1;1-2-6-3-5-9-7(6)8-4-1;1-2-4-6-5-3-1;1-2-4-5-3-1/h6-10H,1-5H2;1-9H;1-6,8H,7H2;2*1-7H;1-6H;1-5H,6H2;1-5H,(H,8,9);1-5H;1-3H,4H2. The van der Waals surface area contributed by atoms with Crippen LogP contribution in [0.1, 0.15) is 60.3 Å². The summed E-state index contributed by atoms with van der Waals surface area (Å²) in [6.07, 6.45) is 42.4. The molecule has 1 fully saturated rings. The van der Waals surface area contributed by atoms with Gasteiger partial charge in [0.2, 0.25) is 0 Å². The highest BCUT2D eigenvalue weighted by atomic mass is 32.1. The largest absolute Gasteiger partial charge is 0.346 e. The number of nitrogens with zero attached hydrogens (tertiary/aromatic N) is 11. The van der Waals surface area contributed by atoms with Crippen LogP contribution in [0.4, 0.5) is 0 Å². The Morgan fingerprint density at radius 3 is 1.61 bits per heavy atom. The molecule has 0 atom stereocenters. The van der Waals surface area contributed by atoms with Crippen molar-refractivity contribution in [3.05, 3.63) is 356 Å². The number of benzene rings is 5. The Morgan fingerprint density at radius 1 is 0.400 bits per heavy atom. The molecule has 1 aliphatic carbocycles. The molecule has 470 valence electrons. The minimum Gasteiger partial charge on any atom is -0.346 e. The quantitative estimate of drug-likeness (QED) is 0.183. The summed E-state index contributed by atoms with van der Waals surface area (Å²) in [7, 11) is 0. The van der Waals surface area contributed by atoms with E-state index in [2.05, 4.69) is 139 Å². The molecule has 12 nitrogen and oxygen atoms in total. The van der Waals surface area contributed by atoms with Crippen LogP contribution in [-0.4, -0.2) is 76.6 Å². The Hall–Kier alpha value is -11.7. The lowest BCUT2D eigenvalue weighted by atomic mass is 9.85. The number of hydrogen-bond acceptors (Lipinski definition) is 12. The van der Waals surface area contributed by atoms with Crippen LogP contribution in [0.15, 0.2) is 349 Å². The highest BCUT2D eigenvalue weighted by Crippen LogP contribution is 2.32. The Bertz CT molecular complexity index is 4180. The number of rotatable bonds is 4. The van der Waals surface area contributed by atoms with Crippen molar-refractivity contribution >= 4 is 68.3 Å². The maximum Gasteiger partial charge on any atom is 0.137 e. The molecule has 3 aliphatic heterocycles. The lowest BCUT2D eigenvalue weighted by molar-refractivity contribution is 0.443. The second-order valence-corrected chi connectivity index (χ2v) is 22.0. The number of thiazole rings is 1. The zero-order valence-corrected chi connectivity index (χ0v) is 53.9. The molecule has 14 aromatic rings. The van der Waals surface area contributed by atoms with Gasteiger partial charge in [-0.3, -0.25) is 44.9 Å². The molecule has 18 rings (SSSR count). The van der Waals surface area contributed by atoms with Crippen molar-refractivity contribution in [3.8, 4) is 22.4 Å². The second-order valence-electron chi connectivity index (χ2n) is 21.3. The third kappa shape index (κ3) is 24.5. The number of aliphatic imine (C=N–C) groups is 3. The van der Waals surface area contributed by atoms with Crippen molar-refractivity contribution < 1.29 is 0 Å². The molecule has 1 saturated carbocycles. The van der Waals surface area contributed by atoms with E-state index in [0.717, 1.165) is 53.4 Å². The van der Waals surface area contributed by atoms with E-state index in [4.69, 9.17) is 0 Å². The number of para-hydroxylation sites is 1. The van der Waals surface area contributed by atoms with E-state index in [1.807, 2.05) is 237 Å². The number of nitrogens with one attached hydrogen (secondary N) is 1. The monoisotopic (exact) mass is 1260 g/mol. The smallest absolute Gasteiger partial charge is 0.137 e. The predicted molar refractivity (Wildman–Crippen MR) is 397 cm³/mol. The van der Waals surface area contributed by atoms with Crippen molar-refractivity contribution in [1.29, 1.82) is 0 Å². The molecule has 1 N–H and O–H groups in total. The zero-order chi connectivity index (χ0) is 65.1. The summed E-state index contributed by atoms with van der Waals surface area (Å²) in [6.45, 7) is 2.60. The number of allylic oxidation sites excluding steroid dienone is 2. The van der Waals surface area contributed by atoms with Crippen molar-refractivity contribution in [2.75, 3.05) is 13.1 Å². The fourth-order valence-electron chi connectivity index (χ4n) is 9.89. The Kier molecular flexibility index (Phi) is 29.2. The van der Waals surface area contributed by atoms with E-state index >= 15 is 0 Å². The van der Waals surface area contributed by atoms with Crippen molar-refractivity contribution in [3.63, 3.8) is 0 Å². The zero-order valence-electron chi connectivity index (χ0n) is 53.0. The number of H-pyrrole nitrogens is 1. The van der Waals surface area contributed by atoms with Crippen LogP contribution in [0, 0.1) is 0 Å². The Morgan fingerprint density at radius 2 is 1.00 bits per heavy atom. The molecule has 0 bridgehead atoms. The second kappa shape index (κ2) is 40.9. The third-order valence-corrected chi connectivity index (χ3v) is 15.4. The van der Waals surface area contributed by atoms with Crippen LogP contribution >= 0.6 is 11.3 Å². The summed E-state index contributed by atoms with van der Waals surface area (Å²) in [5, 5.41) is 6.83. The van der Waals surface area contributed by atoms with Gasteiger partial charge >= 0.3 is 0 Å². The molecule has 0 unspecified atom stereocenters. The van der Waals surface area contributed by atoms with Crippen LogP contribution in [-0.2, 0) is 6.54 Å². The summed E-state index contributed by atoms with van der Waals surface area (Å²) in [5.74, 6) is 0.821. The highest BCUT2D eigenvalue weighted by molar-refractivity contribution is 7.07. The van der Waals surface area contributed by atoms with Crippen LogP contribution in [0.2, 0.25) is 0 Å². The van der Waals surface area contributed by atoms with Crippen LogP contribution < -0.4 is 0 Å².